The first kappa shape index (κ1) is 41.9. The molecule has 4 N–H and O–H groups in total. The van der Waals surface area contributed by atoms with Gasteiger partial charge in [-0.1, -0.05) is 36.4 Å². The van der Waals surface area contributed by atoms with Crippen molar-refractivity contribution in [2.24, 2.45) is 0 Å². The number of amides is 3. The van der Waals surface area contributed by atoms with Gasteiger partial charge in [-0.2, -0.15) is 5.10 Å². The Hall–Kier alpha value is -6.22. The summed E-state index contributed by atoms with van der Waals surface area (Å²) < 4.78 is 30.2. The van der Waals surface area contributed by atoms with Gasteiger partial charge in [0.15, 0.2) is 5.65 Å². The van der Waals surface area contributed by atoms with Crippen LogP contribution in [0.25, 0.3) is 5.65 Å². The van der Waals surface area contributed by atoms with Gasteiger partial charge in [-0.15, -0.1) is 0 Å². The van der Waals surface area contributed by atoms with Gasteiger partial charge in [0.25, 0.3) is 12.4 Å². The minimum atomic E-state index is -0.474. The van der Waals surface area contributed by atoms with Gasteiger partial charge >= 0.3 is 0 Å². The summed E-state index contributed by atoms with van der Waals surface area (Å²) in [4.78, 5) is 54.4. The van der Waals surface area contributed by atoms with Gasteiger partial charge in [0.1, 0.15) is 29.1 Å². The van der Waals surface area contributed by atoms with Crippen LogP contribution in [0.15, 0.2) is 85.2 Å². The lowest BCUT2D eigenvalue weighted by molar-refractivity contribution is -0.133. The Morgan fingerprint density at radius 2 is 1.65 bits per heavy atom. The number of likely N-dealkylation sites (tertiary alicyclic amines) is 1. The van der Waals surface area contributed by atoms with Crippen molar-refractivity contribution in [1.82, 2.24) is 30.1 Å². The molecule has 5 aromatic rings. The largest absolute Gasteiger partial charge is 0.483 e. The second-order valence-corrected chi connectivity index (χ2v) is 15.5. The van der Waals surface area contributed by atoms with Crippen LogP contribution in [0.1, 0.15) is 89.5 Å². The summed E-state index contributed by atoms with van der Waals surface area (Å²) in [6.07, 6.45) is 10.5. The molecular formula is C45H50F2N8O5. The van der Waals surface area contributed by atoms with Gasteiger partial charge in [0.05, 0.1) is 12.2 Å². The standard InChI is InChI=1S/C44H48F2N8O3.CH2O2/c45-33-11-14-37(46)35(27-33)39-4-2-22-53(39)40-20-26-54-42(50-40)36(28-48-54)43(56)47-21-1-3-29-5-7-30(8-6-29)17-23-52-24-18-32(19-25-52)31-9-12-34(13-10-31)49-38-15-16-41(55)51-44(38)57;2-1-3/h5-14,20,26-28,32,38-39,49H,1-4,15-19,21-25H2,(H,47,56)(H,51,55,57);1H,(H,2,3)/t38?,39-;/m1./s1. The molecule has 5 heterocycles. The van der Waals surface area contributed by atoms with Crippen molar-refractivity contribution in [2.45, 2.75) is 75.8 Å². The summed E-state index contributed by atoms with van der Waals surface area (Å²) >= 11 is 0. The van der Waals surface area contributed by atoms with Crippen molar-refractivity contribution in [2.75, 3.05) is 42.9 Å². The molecule has 60 heavy (non-hydrogen) atoms. The molecule has 1 unspecified atom stereocenters. The van der Waals surface area contributed by atoms with Gasteiger partial charge in [0.2, 0.25) is 11.8 Å². The Morgan fingerprint density at radius 1 is 0.917 bits per heavy atom. The molecule has 3 aliphatic heterocycles. The fraction of sp³-hybridized carbons (Fsp3) is 0.378. The summed E-state index contributed by atoms with van der Waals surface area (Å²) in [5, 5.41) is 19.9. The van der Waals surface area contributed by atoms with Crippen molar-refractivity contribution in [3.63, 3.8) is 0 Å². The van der Waals surface area contributed by atoms with Crippen LogP contribution in [-0.2, 0) is 27.2 Å². The van der Waals surface area contributed by atoms with E-state index in [0.717, 1.165) is 76.0 Å². The third-order valence-corrected chi connectivity index (χ3v) is 11.7. The van der Waals surface area contributed by atoms with E-state index in [1.165, 1.54) is 29.0 Å². The Morgan fingerprint density at radius 3 is 2.38 bits per heavy atom. The minimum absolute atomic E-state index is 0.207. The molecule has 3 aliphatic rings. The van der Waals surface area contributed by atoms with E-state index in [4.69, 9.17) is 14.9 Å². The first-order valence-electron chi connectivity index (χ1n) is 20.6. The average molecular weight is 821 g/mol. The number of benzene rings is 3. The van der Waals surface area contributed by atoms with Gasteiger partial charge in [-0.3, -0.25) is 24.5 Å². The van der Waals surface area contributed by atoms with Crippen molar-refractivity contribution < 1.29 is 33.1 Å². The fourth-order valence-corrected chi connectivity index (χ4v) is 8.44. The summed E-state index contributed by atoms with van der Waals surface area (Å²) in [5.41, 5.74) is 5.87. The zero-order chi connectivity index (χ0) is 42.0. The molecule has 8 rings (SSSR count). The number of carbonyl (C=O) groups excluding carboxylic acids is 3. The monoisotopic (exact) mass is 820 g/mol. The number of carbonyl (C=O) groups is 4. The van der Waals surface area contributed by atoms with E-state index in [2.05, 4.69) is 62.3 Å². The second-order valence-electron chi connectivity index (χ2n) is 15.5. The van der Waals surface area contributed by atoms with Crippen LogP contribution in [0.3, 0.4) is 0 Å². The molecular weight excluding hydrogens is 771 g/mol. The van der Waals surface area contributed by atoms with E-state index in [1.54, 1.807) is 16.8 Å². The highest BCUT2D eigenvalue weighted by atomic mass is 19.1. The third-order valence-electron chi connectivity index (χ3n) is 11.7. The van der Waals surface area contributed by atoms with Crippen LogP contribution < -0.4 is 20.9 Å². The van der Waals surface area contributed by atoms with Crippen LogP contribution >= 0.6 is 0 Å². The third kappa shape index (κ3) is 10.3. The minimum Gasteiger partial charge on any atom is -0.483 e. The number of hydrogen-bond acceptors (Lipinski definition) is 9. The lowest BCUT2D eigenvalue weighted by atomic mass is 9.89. The molecule has 0 aliphatic carbocycles. The molecule has 0 saturated carbocycles. The van der Waals surface area contributed by atoms with E-state index in [9.17, 15) is 23.2 Å². The summed E-state index contributed by atoms with van der Waals surface area (Å²) in [6.45, 7) is 4.05. The molecule has 0 spiro atoms. The second kappa shape index (κ2) is 19.7. The maximum atomic E-state index is 14.7. The maximum Gasteiger partial charge on any atom is 0.290 e. The Kier molecular flexibility index (Phi) is 13.8. The number of nitrogens with one attached hydrogen (secondary N) is 3. The van der Waals surface area contributed by atoms with Crippen molar-refractivity contribution in [1.29, 1.82) is 0 Å². The van der Waals surface area contributed by atoms with E-state index < -0.39 is 11.6 Å². The predicted molar refractivity (Wildman–Crippen MR) is 223 cm³/mol. The normalized spacial score (nSPS) is 18.5. The number of hydrogen-bond donors (Lipinski definition) is 4. The molecule has 3 aromatic carbocycles. The van der Waals surface area contributed by atoms with Crippen LogP contribution in [-0.4, -0.2) is 87.6 Å². The smallest absolute Gasteiger partial charge is 0.290 e. The average Bonchev–Trinajstić information content (AvgIpc) is 3.93. The zero-order valence-electron chi connectivity index (χ0n) is 33.4. The predicted octanol–water partition coefficient (Wildman–Crippen LogP) is 6.05. The first-order valence-corrected chi connectivity index (χ1v) is 20.6. The number of rotatable bonds is 13. The lowest BCUT2D eigenvalue weighted by Crippen LogP contribution is -2.47. The molecule has 2 atom stereocenters. The fourth-order valence-electron chi connectivity index (χ4n) is 8.44. The number of anilines is 2. The van der Waals surface area contributed by atoms with Crippen LogP contribution in [0.4, 0.5) is 20.3 Å². The van der Waals surface area contributed by atoms with Gasteiger partial charge in [0, 0.05) is 43.5 Å². The number of fused-ring (bicyclic) bond motifs is 1. The van der Waals surface area contributed by atoms with E-state index in [0.29, 0.717) is 60.9 Å². The molecule has 3 amide bonds. The molecule has 3 saturated heterocycles. The van der Waals surface area contributed by atoms with Crippen molar-refractivity contribution >= 4 is 41.3 Å². The van der Waals surface area contributed by atoms with Gasteiger partial charge < -0.3 is 25.5 Å². The number of carboxylic acid groups (broad SMARTS) is 1. The highest BCUT2D eigenvalue weighted by molar-refractivity contribution is 6.01. The number of nitrogens with zero attached hydrogens (tertiary/aromatic N) is 5. The highest BCUT2D eigenvalue weighted by Gasteiger charge is 2.31. The number of imide groups is 1. The zero-order valence-corrected chi connectivity index (χ0v) is 33.4. The quantitative estimate of drug-likeness (QED) is 0.0626. The number of aryl methyl sites for hydroxylation is 1. The lowest BCUT2D eigenvalue weighted by Gasteiger charge is -2.32. The van der Waals surface area contributed by atoms with Crippen molar-refractivity contribution in [3.8, 4) is 0 Å². The first-order chi connectivity index (χ1) is 29.2. The van der Waals surface area contributed by atoms with Crippen LogP contribution in [0.5, 0.6) is 0 Å². The van der Waals surface area contributed by atoms with E-state index in [-0.39, 0.29) is 36.3 Å². The topological polar surface area (TPSA) is 161 Å². The SMILES string of the molecule is O=C1CCC(Nc2ccc(C3CCN(CCc4ccc(CCCNC(=O)c5cnn6ccc(N7CCC[C@@H]7c7cc(F)ccc7F)nc56)cc4)CC3)cc2)C(=O)N1.O=CO. The molecule has 314 valence electrons. The van der Waals surface area contributed by atoms with E-state index in [1.807, 2.05) is 17.0 Å². The van der Waals surface area contributed by atoms with E-state index >= 15 is 0 Å². The molecule has 2 aromatic heterocycles. The van der Waals surface area contributed by atoms with Gasteiger partial charge in [-0.25, -0.2) is 18.3 Å². The number of halogens is 2. The summed E-state index contributed by atoms with van der Waals surface area (Å²) in [7, 11) is 0. The van der Waals surface area contributed by atoms with Crippen molar-refractivity contribution in [3.05, 3.63) is 125 Å². The number of aromatic nitrogens is 3. The summed E-state index contributed by atoms with van der Waals surface area (Å²) in [5.74, 6) is -0.511. The number of piperidine rings is 2. The highest BCUT2D eigenvalue weighted by Crippen LogP contribution is 2.37. The molecule has 15 heteroatoms. The molecule has 0 bridgehead atoms. The molecule has 3 fully saturated rings. The Balaban J connectivity index is 0.00000176. The van der Waals surface area contributed by atoms with Crippen LogP contribution in [0, 0.1) is 11.6 Å². The van der Waals surface area contributed by atoms with Gasteiger partial charge in [-0.05, 0) is 123 Å². The molecule has 0 radical (unpaired) electrons. The Bertz CT molecular complexity index is 2280. The van der Waals surface area contributed by atoms with Crippen LogP contribution in [0.2, 0.25) is 0 Å². The Labute approximate surface area is 347 Å². The maximum absolute atomic E-state index is 14.7. The summed E-state index contributed by atoms with van der Waals surface area (Å²) in [6, 6.07) is 21.8. The molecule has 13 nitrogen and oxygen atoms in total.